The molecule has 0 aliphatic rings. The number of ether oxygens (including phenoxy) is 1. The third-order valence-electron chi connectivity index (χ3n) is 2.09. The van der Waals surface area contributed by atoms with Crippen LogP contribution in [0.4, 0.5) is 0 Å². The van der Waals surface area contributed by atoms with Gasteiger partial charge in [-0.3, -0.25) is 5.43 Å². The predicted octanol–water partition coefficient (Wildman–Crippen LogP) is 1.85. The van der Waals surface area contributed by atoms with Crippen LogP contribution in [0.1, 0.15) is 5.56 Å². The molecule has 0 unspecified atom stereocenters. The SMILES string of the molecule is COCCNC(=S)N/N=C\c1ccc(SC)cc1. The van der Waals surface area contributed by atoms with Crippen LogP contribution in [-0.2, 0) is 4.74 Å². The van der Waals surface area contributed by atoms with Crippen molar-refractivity contribution in [1.29, 1.82) is 0 Å². The predicted molar refractivity (Wildman–Crippen MR) is 81.4 cm³/mol. The van der Waals surface area contributed by atoms with Crippen LogP contribution < -0.4 is 10.7 Å². The Labute approximate surface area is 117 Å². The van der Waals surface area contributed by atoms with Crippen molar-refractivity contribution in [2.24, 2.45) is 5.10 Å². The smallest absolute Gasteiger partial charge is 0.187 e. The van der Waals surface area contributed by atoms with Gasteiger partial charge < -0.3 is 10.1 Å². The number of benzene rings is 1. The van der Waals surface area contributed by atoms with Crippen LogP contribution in [0.2, 0.25) is 0 Å². The highest BCUT2D eigenvalue weighted by atomic mass is 32.2. The van der Waals surface area contributed by atoms with Gasteiger partial charge in [-0.1, -0.05) is 12.1 Å². The number of nitrogens with zero attached hydrogens (tertiary/aromatic N) is 1. The summed E-state index contributed by atoms with van der Waals surface area (Å²) in [5.74, 6) is 0. The van der Waals surface area contributed by atoms with E-state index >= 15 is 0 Å². The molecule has 18 heavy (non-hydrogen) atoms. The van der Waals surface area contributed by atoms with Crippen molar-refractivity contribution in [2.45, 2.75) is 4.90 Å². The lowest BCUT2D eigenvalue weighted by molar-refractivity contribution is 0.204. The van der Waals surface area contributed by atoms with E-state index in [0.29, 0.717) is 18.3 Å². The maximum Gasteiger partial charge on any atom is 0.187 e. The Hall–Kier alpha value is -1.11. The van der Waals surface area contributed by atoms with E-state index in [9.17, 15) is 0 Å². The molecule has 0 aromatic heterocycles. The molecule has 0 atom stereocenters. The number of thioether (sulfide) groups is 1. The van der Waals surface area contributed by atoms with Gasteiger partial charge in [0.1, 0.15) is 0 Å². The summed E-state index contributed by atoms with van der Waals surface area (Å²) in [6.07, 6.45) is 3.78. The van der Waals surface area contributed by atoms with E-state index in [0.717, 1.165) is 5.56 Å². The van der Waals surface area contributed by atoms with Gasteiger partial charge in [0.05, 0.1) is 12.8 Å². The monoisotopic (exact) mass is 283 g/mol. The minimum atomic E-state index is 0.490. The minimum absolute atomic E-state index is 0.490. The molecule has 0 spiro atoms. The summed E-state index contributed by atoms with van der Waals surface area (Å²) in [5.41, 5.74) is 3.78. The highest BCUT2D eigenvalue weighted by molar-refractivity contribution is 7.98. The Balaban J connectivity index is 2.32. The maximum absolute atomic E-state index is 5.03. The zero-order valence-electron chi connectivity index (χ0n) is 10.5. The number of hydrazone groups is 1. The highest BCUT2D eigenvalue weighted by Gasteiger charge is 1.92. The molecule has 0 bridgehead atoms. The first kappa shape index (κ1) is 14.9. The molecule has 2 N–H and O–H groups in total. The summed E-state index contributed by atoms with van der Waals surface area (Å²) in [7, 11) is 1.65. The van der Waals surface area contributed by atoms with Crippen LogP contribution >= 0.6 is 24.0 Å². The molecule has 6 heteroatoms. The second kappa shape index (κ2) is 8.91. The molecule has 0 saturated carbocycles. The molecule has 0 radical (unpaired) electrons. The molecule has 1 aromatic carbocycles. The summed E-state index contributed by atoms with van der Waals surface area (Å²) in [4.78, 5) is 1.23. The van der Waals surface area contributed by atoms with Crippen LogP contribution in [0.25, 0.3) is 0 Å². The average molecular weight is 283 g/mol. The van der Waals surface area contributed by atoms with E-state index in [1.165, 1.54) is 4.90 Å². The number of rotatable bonds is 6. The zero-order valence-corrected chi connectivity index (χ0v) is 12.1. The summed E-state index contributed by atoms with van der Waals surface area (Å²) in [6, 6.07) is 8.14. The highest BCUT2D eigenvalue weighted by Crippen LogP contribution is 2.13. The molecule has 0 aliphatic heterocycles. The molecular weight excluding hydrogens is 266 g/mol. The first-order valence-electron chi connectivity index (χ1n) is 5.46. The van der Waals surface area contributed by atoms with E-state index in [1.807, 2.05) is 12.1 Å². The summed E-state index contributed by atoms with van der Waals surface area (Å²) >= 11 is 6.74. The second-order valence-electron chi connectivity index (χ2n) is 3.39. The van der Waals surface area contributed by atoms with Crippen LogP contribution in [0.3, 0.4) is 0 Å². The van der Waals surface area contributed by atoms with Crippen molar-refractivity contribution in [3.05, 3.63) is 29.8 Å². The van der Waals surface area contributed by atoms with Crippen LogP contribution in [-0.4, -0.2) is 37.8 Å². The summed E-state index contributed by atoms with van der Waals surface area (Å²) in [6.45, 7) is 1.28. The topological polar surface area (TPSA) is 45.6 Å². The Kier molecular flexibility index (Phi) is 7.40. The molecule has 4 nitrogen and oxygen atoms in total. The fraction of sp³-hybridized carbons (Fsp3) is 0.333. The number of methoxy groups -OCH3 is 1. The van der Waals surface area contributed by atoms with Crippen molar-refractivity contribution in [2.75, 3.05) is 26.5 Å². The van der Waals surface area contributed by atoms with Gasteiger partial charge >= 0.3 is 0 Å². The lowest BCUT2D eigenvalue weighted by Gasteiger charge is -2.05. The summed E-state index contributed by atoms with van der Waals surface area (Å²) in [5, 5.41) is 7.51. The molecular formula is C12H17N3OS2. The van der Waals surface area contributed by atoms with Crippen molar-refractivity contribution < 1.29 is 4.74 Å². The van der Waals surface area contributed by atoms with Crippen molar-refractivity contribution >= 4 is 35.3 Å². The Bertz CT molecular complexity index is 393. The average Bonchev–Trinajstić information content (AvgIpc) is 2.40. The van der Waals surface area contributed by atoms with Gasteiger partial charge in [-0.25, -0.2) is 0 Å². The van der Waals surface area contributed by atoms with Gasteiger partial charge in [0.2, 0.25) is 0 Å². The number of thiocarbonyl (C=S) groups is 1. The minimum Gasteiger partial charge on any atom is -0.383 e. The molecule has 0 fully saturated rings. The fourth-order valence-electron chi connectivity index (χ4n) is 1.16. The number of nitrogens with one attached hydrogen (secondary N) is 2. The molecule has 1 aromatic rings. The Morgan fingerprint density at radius 2 is 2.17 bits per heavy atom. The molecule has 0 saturated heterocycles. The number of hydrogen-bond donors (Lipinski definition) is 2. The van der Waals surface area contributed by atoms with E-state index in [1.54, 1.807) is 25.1 Å². The lowest BCUT2D eigenvalue weighted by atomic mass is 10.2. The largest absolute Gasteiger partial charge is 0.383 e. The zero-order chi connectivity index (χ0) is 13.2. The Morgan fingerprint density at radius 3 is 2.78 bits per heavy atom. The first-order valence-corrected chi connectivity index (χ1v) is 7.09. The van der Waals surface area contributed by atoms with Gasteiger partial charge in [-0.2, -0.15) is 5.10 Å². The van der Waals surface area contributed by atoms with Crippen molar-refractivity contribution in [3.8, 4) is 0 Å². The van der Waals surface area contributed by atoms with E-state index in [2.05, 4.69) is 34.2 Å². The van der Waals surface area contributed by atoms with Crippen LogP contribution in [0, 0.1) is 0 Å². The molecule has 0 aliphatic carbocycles. The third-order valence-corrected chi connectivity index (χ3v) is 3.07. The normalized spacial score (nSPS) is 10.6. The van der Waals surface area contributed by atoms with Gasteiger partial charge in [-0.05, 0) is 36.2 Å². The lowest BCUT2D eigenvalue weighted by Crippen LogP contribution is -2.34. The Morgan fingerprint density at radius 1 is 1.44 bits per heavy atom. The quantitative estimate of drug-likeness (QED) is 0.274. The molecule has 1 rings (SSSR count). The van der Waals surface area contributed by atoms with E-state index < -0.39 is 0 Å². The molecule has 0 amide bonds. The third kappa shape index (κ3) is 6.00. The van der Waals surface area contributed by atoms with Crippen LogP contribution in [0.15, 0.2) is 34.3 Å². The van der Waals surface area contributed by atoms with Gasteiger partial charge in [-0.15, -0.1) is 11.8 Å². The maximum atomic E-state index is 5.03. The van der Waals surface area contributed by atoms with Gasteiger partial charge in [0.15, 0.2) is 5.11 Å². The first-order chi connectivity index (χ1) is 8.76. The van der Waals surface area contributed by atoms with Gasteiger partial charge in [0.25, 0.3) is 0 Å². The van der Waals surface area contributed by atoms with Crippen molar-refractivity contribution in [1.82, 2.24) is 10.7 Å². The molecule has 98 valence electrons. The molecule has 0 heterocycles. The van der Waals surface area contributed by atoms with Crippen molar-refractivity contribution in [3.63, 3.8) is 0 Å². The second-order valence-corrected chi connectivity index (χ2v) is 4.68. The number of hydrogen-bond acceptors (Lipinski definition) is 4. The van der Waals surface area contributed by atoms with Gasteiger partial charge in [0, 0.05) is 18.6 Å². The van der Waals surface area contributed by atoms with Crippen LogP contribution in [0.5, 0.6) is 0 Å². The fourth-order valence-corrected chi connectivity index (χ4v) is 1.72. The van der Waals surface area contributed by atoms with E-state index in [4.69, 9.17) is 17.0 Å². The summed E-state index contributed by atoms with van der Waals surface area (Å²) < 4.78 is 4.90. The standard InChI is InChI=1S/C12H17N3OS2/c1-16-8-7-13-12(17)15-14-9-10-3-5-11(18-2)6-4-10/h3-6,9H,7-8H2,1-2H3,(H2,13,15,17)/b14-9-. The van der Waals surface area contributed by atoms with E-state index in [-0.39, 0.29) is 0 Å².